The van der Waals surface area contributed by atoms with Crippen molar-refractivity contribution in [3.8, 4) is 0 Å². The number of nitrogens with one attached hydrogen (secondary N) is 3. The molecule has 4 atom stereocenters. The van der Waals surface area contributed by atoms with E-state index in [0.717, 1.165) is 5.56 Å². The van der Waals surface area contributed by atoms with Crippen LogP contribution < -0.4 is 16.0 Å². The number of fused-ring (bicyclic) bond motifs is 1. The van der Waals surface area contributed by atoms with E-state index in [-0.39, 0.29) is 24.3 Å². The molecule has 0 aliphatic carbocycles. The highest BCUT2D eigenvalue weighted by atomic mass is 16.5. The first-order valence-corrected chi connectivity index (χ1v) is 9.24. The van der Waals surface area contributed by atoms with Gasteiger partial charge in [-0.1, -0.05) is 30.3 Å². The van der Waals surface area contributed by atoms with E-state index < -0.39 is 24.4 Å². The molecule has 146 valence electrons. The molecule has 0 aromatic heterocycles. The van der Waals surface area contributed by atoms with E-state index in [0.29, 0.717) is 19.4 Å². The van der Waals surface area contributed by atoms with Gasteiger partial charge in [0.25, 0.3) is 0 Å². The molecule has 2 fully saturated rings. The van der Waals surface area contributed by atoms with Crippen LogP contribution in [-0.2, 0) is 25.7 Å². The normalized spacial score (nSPS) is 25.6. The van der Waals surface area contributed by atoms with Gasteiger partial charge in [-0.25, -0.2) is 0 Å². The maximum absolute atomic E-state index is 12.9. The summed E-state index contributed by atoms with van der Waals surface area (Å²) >= 11 is 0. The Hall–Kier alpha value is -2.45. The van der Waals surface area contributed by atoms with Crippen molar-refractivity contribution in [2.24, 2.45) is 0 Å². The predicted molar refractivity (Wildman–Crippen MR) is 98.3 cm³/mol. The molecule has 1 aromatic rings. The lowest BCUT2D eigenvalue weighted by Crippen LogP contribution is -2.62. The summed E-state index contributed by atoms with van der Waals surface area (Å²) in [7, 11) is 1.67. The lowest BCUT2D eigenvalue weighted by Gasteiger charge is -2.37. The third kappa shape index (κ3) is 4.28. The summed E-state index contributed by atoms with van der Waals surface area (Å²) < 4.78 is 5.73. The van der Waals surface area contributed by atoms with Crippen LogP contribution in [0.15, 0.2) is 30.3 Å². The van der Waals surface area contributed by atoms with Crippen molar-refractivity contribution in [2.45, 2.75) is 50.7 Å². The number of likely N-dealkylation sites (N-methyl/N-ethyl adjacent to an activating group) is 1. The highest BCUT2D eigenvalue weighted by Gasteiger charge is 2.47. The molecule has 2 aliphatic heterocycles. The average molecular weight is 374 g/mol. The molecule has 2 aliphatic rings. The van der Waals surface area contributed by atoms with Crippen molar-refractivity contribution < 1.29 is 19.1 Å². The number of hydrogen-bond acceptors (Lipinski definition) is 5. The molecule has 1 aromatic carbocycles. The summed E-state index contributed by atoms with van der Waals surface area (Å²) in [5.74, 6) is -0.740. The number of ether oxygens (including phenoxy) is 1. The zero-order valence-electron chi connectivity index (χ0n) is 15.6. The number of benzene rings is 1. The Morgan fingerprint density at radius 1 is 1.26 bits per heavy atom. The molecule has 0 bridgehead atoms. The number of rotatable bonds is 6. The van der Waals surface area contributed by atoms with Crippen LogP contribution in [0.5, 0.6) is 0 Å². The van der Waals surface area contributed by atoms with Crippen LogP contribution in [0.2, 0.25) is 0 Å². The minimum Gasteiger partial charge on any atom is -0.356 e. The maximum Gasteiger partial charge on any atom is 0.250 e. The van der Waals surface area contributed by atoms with E-state index in [2.05, 4.69) is 16.0 Å². The summed E-state index contributed by atoms with van der Waals surface area (Å²) in [5.41, 5.74) is 0.993. The summed E-state index contributed by atoms with van der Waals surface area (Å²) in [4.78, 5) is 39.1. The maximum atomic E-state index is 12.9. The van der Waals surface area contributed by atoms with Gasteiger partial charge < -0.3 is 25.6 Å². The highest BCUT2D eigenvalue weighted by molar-refractivity contribution is 5.94. The molecule has 3 rings (SSSR count). The third-order valence-corrected chi connectivity index (χ3v) is 5.10. The van der Waals surface area contributed by atoms with Gasteiger partial charge >= 0.3 is 0 Å². The van der Waals surface area contributed by atoms with Crippen molar-refractivity contribution in [1.82, 2.24) is 20.9 Å². The third-order valence-electron chi connectivity index (χ3n) is 5.10. The van der Waals surface area contributed by atoms with E-state index in [1.807, 2.05) is 30.3 Å². The second-order valence-corrected chi connectivity index (χ2v) is 6.90. The van der Waals surface area contributed by atoms with E-state index >= 15 is 0 Å². The Morgan fingerprint density at radius 2 is 2.00 bits per heavy atom. The van der Waals surface area contributed by atoms with Crippen molar-refractivity contribution in [1.29, 1.82) is 0 Å². The van der Waals surface area contributed by atoms with Crippen LogP contribution >= 0.6 is 0 Å². The lowest BCUT2D eigenvalue weighted by atomic mass is 10.1. The molecule has 0 radical (unpaired) electrons. The number of nitrogens with zero attached hydrogens (tertiary/aromatic N) is 1. The van der Waals surface area contributed by atoms with Crippen molar-refractivity contribution >= 4 is 17.7 Å². The molecule has 0 spiro atoms. The fraction of sp³-hybridized carbons (Fsp3) is 0.526. The first-order valence-electron chi connectivity index (χ1n) is 9.24. The zero-order valence-corrected chi connectivity index (χ0v) is 15.6. The van der Waals surface area contributed by atoms with Gasteiger partial charge in [-0.2, -0.15) is 0 Å². The largest absolute Gasteiger partial charge is 0.356 e. The predicted octanol–water partition coefficient (Wildman–Crippen LogP) is -0.257. The Kier molecular flexibility index (Phi) is 6.08. The quantitative estimate of drug-likeness (QED) is 0.637. The standard InChI is InChI=1S/C19H26N4O4/c1-12(20-2)17(24)22-14-11-27-16-9-8-15(23(16)19(14)26)18(25)21-10-13-6-4-3-5-7-13/h3-7,12,14-16,20H,8-11H2,1-2H3,(H,21,25)(H,22,24)/t12?,14-,15?,16-/m0/s1. The van der Waals surface area contributed by atoms with Crippen LogP contribution in [0.25, 0.3) is 0 Å². The van der Waals surface area contributed by atoms with E-state index in [1.54, 1.807) is 14.0 Å². The van der Waals surface area contributed by atoms with Crippen LogP contribution in [0.1, 0.15) is 25.3 Å². The number of hydrogen-bond donors (Lipinski definition) is 3. The van der Waals surface area contributed by atoms with Crippen molar-refractivity contribution in [3.63, 3.8) is 0 Å². The first-order chi connectivity index (χ1) is 13.0. The molecule has 2 saturated heterocycles. The molecule has 2 heterocycles. The second kappa shape index (κ2) is 8.49. The van der Waals surface area contributed by atoms with Crippen LogP contribution in [0, 0.1) is 0 Å². The number of carbonyl (C=O) groups is 3. The van der Waals surface area contributed by atoms with Gasteiger partial charge in [0, 0.05) is 6.54 Å². The van der Waals surface area contributed by atoms with E-state index in [9.17, 15) is 14.4 Å². The highest BCUT2D eigenvalue weighted by Crippen LogP contribution is 2.29. The zero-order chi connectivity index (χ0) is 19.4. The van der Waals surface area contributed by atoms with Crippen LogP contribution in [0.4, 0.5) is 0 Å². The van der Waals surface area contributed by atoms with Gasteiger partial charge in [-0.15, -0.1) is 0 Å². The van der Waals surface area contributed by atoms with Crippen LogP contribution in [0.3, 0.4) is 0 Å². The molecule has 2 unspecified atom stereocenters. The van der Waals surface area contributed by atoms with Gasteiger partial charge in [0.05, 0.1) is 12.6 Å². The molecular weight excluding hydrogens is 348 g/mol. The van der Waals surface area contributed by atoms with Crippen molar-refractivity contribution in [3.05, 3.63) is 35.9 Å². The summed E-state index contributed by atoms with van der Waals surface area (Å²) in [6.07, 6.45) is 0.757. The topological polar surface area (TPSA) is 99.8 Å². The van der Waals surface area contributed by atoms with Gasteiger partial charge in [0.2, 0.25) is 17.7 Å². The molecular formula is C19H26N4O4. The summed E-state index contributed by atoms with van der Waals surface area (Å²) in [6.45, 7) is 2.24. The molecule has 3 amide bonds. The van der Waals surface area contributed by atoms with Gasteiger partial charge in [-0.3, -0.25) is 14.4 Å². The minimum atomic E-state index is -0.771. The molecule has 3 N–H and O–H groups in total. The minimum absolute atomic E-state index is 0.126. The lowest BCUT2D eigenvalue weighted by molar-refractivity contribution is -0.167. The molecule has 0 saturated carbocycles. The monoisotopic (exact) mass is 374 g/mol. The number of amides is 3. The first kappa shape index (κ1) is 19.3. The Labute approximate surface area is 158 Å². The fourth-order valence-corrected chi connectivity index (χ4v) is 3.39. The Morgan fingerprint density at radius 3 is 2.70 bits per heavy atom. The molecule has 8 heteroatoms. The van der Waals surface area contributed by atoms with Gasteiger partial charge in [-0.05, 0) is 32.4 Å². The Bertz CT molecular complexity index is 696. The fourth-order valence-electron chi connectivity index (χ4n) is 3.39. The van der Waals surface area contributed by atoms with E-state index in [4.69, 9.17) is 4.74 Å². The summed E-state index contributed by atoms with van der Waals surface area (Å²) in [5, 5.41) is 8.42. The Balaban J connectivity index is 1.62. The molecule has 27 heavy (non-hydrogen) atoms. The SMILES string of the molecule is CNC(C)C(=O)N[C@H]1CO[C@H]2CCC(C(=O)NCc3ccccc3)N2C1=O. The van der Waals surface area contributed by atoms with Gasteiger partial charge in [0.15, 0.2) is 0 Å². The second-order valence-electron chi connectivity index (χ2n) is 6.90. The number of carbonyl (C=O) groups excluding carboxylic acids is 3. The van der Waals surface area contributed by atoms with Crippen LogP contribution in [-0.4, -0.2) is 60.6 Å². The smallest absolute Gasteiger partial charge is 0.250 e. The van der Waals surface area contributed by atoms with Crippen molar-refractivity contribution in [2.75, 3.05) is 13.7 Å². The average Bonchev–Trinajstić information content (AvgIpc) is 3.13. The molecule has 8 nitrogen and oxygen atoms in total. The van der Waals surface area contributed by atoms with E-state index in [1.165, 1.54) is 4.90 Å². The summed E-state index contributed by atoms with van der Waals surface area (Å²) in [6, 6.07) is 7.84. The van der Waals surface area contributed by atoms with Gasteiger partial charge in [0.1, 0.15) is 18.3 Å².